The van der Waals surface area contributed by atoms with Gasteiger partial charge in [0, 0.05) is 24.3 Å². The molecule has 0 radical (unpaired) electrons. The molecule has 5 heteroatoms. The van der Waals surface area contributed by atoms with Crippen molar-refractivity contribution < 1.29 is 4.79 Å². The number of aromatic nitrogens is 2. The van der Waals surface area contributed by atoms with Gasteiger partial charge in [0.2, 0.25) is 0 Å². The van der Waals surface area contributed by atoms with Gasteiger partial charge in [-0.3, -0.25) is 9.78 Å². The highest BCUT2D eigenvalue weighted by Gasteiger charge is 2.06. The zero-order valence-corrected chi connectivity index (χ0v) is 9.12. The van der Waals surface area contributed by atoms with Gasteiger partial charge in [0.15, 0.2) is 0 Å². The summed E-state index contributed by atoms with van der Waals surface area (Å²) in [5, 5.41) is 2.73. The van der Waals surface area contributed by atoms with E-state index in [2.05, 4.69) is 15.3 Å². The quantitative estimate of drug-likeness (QED) is 0.780. The molecule has 4 nitrogen and oxygen atoms in total. The van der Waals surface area contributed by atoms with Crippen LogP contribution in [0.1, 0.15) is 10.4 Å². The standard InChI is InChI=1S/C11H9N3OS/c15-10(9-2-1-5-13-11(9)16)14-8-3-6-12-7-4-8/h1-7H,(H,13,16)(H,12,14,15). The molecular formula is C11H9N3OS. The molecule has 2 aromatic rings. The SMILES string of the molecule is O=C(Nc1ccncc1)c1ccc[nH]c1=S. The molecule has 2 rings (SSSR count). The van der Waals surface area contributed by atoms with Crippen LogP contribution in [0.25, 0.3) is 0 Å². The van der Waals surface area contributed by atoms with Gasteiger partial charge in [-0.15, -0.1) is 0 Å². The highest BCUT2D eigenvalue weighted by molar-refractivity contribution is 7.71. The molecule has 0 spiro atoms. The van der Waals surface area contributed by atoms with E-state index in [0.717, 1.165) is 0 Å². The zero-order valence-electron chi connectivity index (χ0n) is 8.31. The van der Waals surface area contributed by atoms with E-state index in [0.29, 0.717) is 15.9 Å². The molecule has 0 atom stereocenters. The largest absolute Gasteiger partial charge is 0.352 e. The minimum atomic E-state index is -0.229. The predicted octanol–water partition coefficient (Wildman–Crippen LogP) is 2.39. The van der Waals surface area contributed by atoms with Gasteiger partial charge >= 0.3 is 0 Å². The Morgan fingerprint density at radius 2 is 2.06 bits per heavy atom. The number of amides is 1. The number of carbonyl (C=O) groups excluding carboxylic acids is 1. The van der Waals surface area contributed by atoms with Gasteiger partial charge in [0.05, 0.1) is 5.56 Å². The molecule has 2 N–H and O–H groups in total. The average Bonchev–Trinajstić information content (AvgIpc) is 2.31. The number of carbonyl (C=O) groups is 1. The van der Waals surface area contributed by atoms with Crippen molar-refractivity contribution in [2.45, 2.75) is 0 Å². The van der Waals surface area contributed by atoms with Crippen LogP contribution >= 0.6 is 12.2 Å². The maximum Gasteiger partial charge on any atom is 0.258 e. The third-order valence-electron chi connectivity index (χ3n) is 2.00. The van der Waals surface area contributed by atoms with E-state index in [4.69, 9.17) is 12.2 Å². The van der Waals surface area contributed by atoms with E-state index in [9.17, 15) is 4.79 Å². The van der Waals surface area contributed by atoms with Crippen LogP contribution in [0.15, 0.2) is 42.9 Å². The lowest BCUT2D eigenvalue weighted by atomic mass is 10.2. The second-order valence-corrected chi connectivity index (χ2v) is 3.51. The van der Waals surface area contributed by atoms with Crippen LogP contribution in [0.5, 0.6) is 0 Å². The monoisotopic (exact) mass is 231 g/mol. The first-order valence-electron chi connectivity index (χ1n) is 4.66. The molecule has 0 saturated carbocycles. The Morgan fingerprint density at radius 1 is 1.31 bits per heavy atom. The number of hydrogen-bond acceptors (Lipinski definition) is 3. The molecule has 0 unspecified atom stereocenters. The molecule has 1 amide bonds. The molecule has 0 saturated heterocycles. The van der Waals surface area contributed by atoms with Gasteiger partial charge in [0.1, 0.15) is 4.64 Å². The Balaban J connectivity index is 2.22. The second-order valence-electron chi connectivity index (χ2n) is 3.10. The van der Waals surface area contributed by atoms with E-state index >= 15 is 0 Å². The molecule has 0 aromatic carbocycles. The molecular weight excluding hydrogens is 222 g/mol. The summed E-state index contributed by atoms with van der Waals surface area (Å²) in [6.07, 6.45) is 4.91. The van der Waals surface area contributed by atoms with Crippen molar-refractivity contribution in [3.8, 4) is 0 Å². The van der Waals surface area contributed by atoms with Crippen molar-refractivity contribution in [2.75, 3.05) is 5.32 Å². The lowest BCUT2D eigenvalue weighted by Gasteiger charge is -2.04. The summed E-state index contributed by atoms with van der Waals surface area (Å²) in [5.41, 5.74) is 1.15. The van der Waals surface area contributed by atoms with E-state index in [1.54, 1.807) is 42.9 Å². The Labute approximate surface area is 97.4 Å². The van der Waals surface area contributed by atoms with Crippen LogP contribution < -0.4 is 5.32 Å². The van der Waals surface area contributed by atoms with Crippen molar-refractivity contribution >= 4 is 23.8 Å². The Bertz CT molecular complexity index is 550. The molecule has 0 aliphatic rings. The molecule has 80 valence electrons. The average molecular weight is 231 g/mol. The lowest BCUT2D eigenvalue weighted by molar-refractivity contribution is 0.102. The number of H-pyrrole nitrogens is 1. The fourth-order valence-corrected chi connectivity index (χ4v) is 1.46. The third-order valence-corrected chi connectivity index (χ3v) is 2.34. The first-order chi connectivity index (χ1) is 7.77. The lowest BCUT2D eigenvalue weighted by Crippen LogP contribution is -2.12. The Kier molecular flexibility index (Phi) is 3.07. The van der Waals surface area contributed by atoms with Gasteiger partial charge in [-0.2, -0.15) is 0 Å². The van der Waals surface area contributed by atoms with Gasteiger partial charge in [-0.05, 0) is 24.3 Å². The Hall–Kier alpha value is -2.01. The molecule has 0 fully saturated rings. The number of rotatable bonds is 2. The summed E-state index contributed by atoms with van der Waals surface area (Å²) < 4.78 is 0.425. The summed E-state index contributed by atoms with van der Waals surface area (Å²) in [7, 11) is 0. The number of nitrogens with one attached hydrogen (secondary N) is 2. The number of hydrogen-bond donors (Lipinski definition) is 2. The van der Waals surface area contributed by atoms with E-state index < -0.39 is 0 Å². The van der Waals surface area contributed by atoms with Crippen molar-refractivity contribution in [1.82, 2.24) is 9.97 Å². The van der Waals surface area contributed by atoms with Crippen LogP contribution in [0.3, 0.4) is 0 Å². The van der Waals surface area contributed by atoms with Gasteiger partial charge in [0.25, 0.3) is 5.91 Å². The minimum Gasteiger partial charge on any atom is -0.352 e. The summed E-state index contributed by atoms with van der Waals surface area (Å²) in [4.78, 5) is 18.5. The van der Waals surface area contributed by atoms with E-state index in [1.807, 2.05) is 0 Å². The van der Waals surface area contributed by atoms with Crippen LogP contribution in [-0.2, 0) is 0 Å². The number of pyridine rings is 2. The van der Waals surface area contributed by atoms with Gasteiger partial charge in [-0.25, -0.2) is 0 Å². The molecule has 2 aromatic heterocycles. The highest BCUT2D eigenvalue weighted by atomic mass is 32.1. The summed E-state index contributed by atoms with van der Waals surface area (Å²) >= 11 is 5.02. The van der Waals surface area contributed by atoms with E-state index in [-0.39, 0.29) is 5.91 Å². The van der Waals surface area contributed by atoms with Gasteiger partial charge < -0.3 is 10.3 Å². The topological polar surface area (TPSA) is 57.8 Å². The molecule has 0 bridgehead atoms. The third kappa shape index (κ3) is 2.32. The van der Waals surface area contributed by atoms with Crippen LogP contribution in [0, 0.1) is 4.64 Å². The second kappa shape index (κ2) is 4.67. The summed E-state index contributed by atoms with van der Waals surface area (Å²) in [5.74, 6) is -0.229. The zero-order chi connectivity index (χ0) is 11.4. The van der Waals surface area contributed by atoms with Crippen LogP contribution in [0.4, 0.5) is 5.69 Å². The summed E-state index contributed by atoms with van der Waals surface area (Å²) in [6.45, 7) is 0. The van der Waals surface area contributed by atoms with Gasteiger partial charge in [-0.1, -0.05) is 12.2 Å². The van der Waals surface area contributed by atoms with Crippen molar-refractivity contribution in [1.29, 1.82) is 0 Å². The smallest absolute Gasteiger partial charge is 0.258 e. The fraction of sp³-hybridized carbons (Fsp3) is 0. The first-order valence-corrected chi connectivity index (χ1v) is 5.07. The number of anilines is 1. The number of nitrogens with zero attached hydrogens (tertiary/aromatic N) is 1. The van der Waals surface area contributed by atoms with Crippen LogP contribution in [-0.4, -0.2) is 15.9 Å². The highest BCUT2D eigenvalue weighted by Crippen LogP contribution is 2.07. The van der Waals surface area contributed by atoms with Crippen LogP contribution in [0.2, 0.25) is 0 Å². The fourth-order valence-electron chi connectivity index (χ4n) is 1.23. The minimum absolute atomic E-state index is 0.229. The molecule has 0 aliphatic heterocycles. The van der Waals surface area contributed by atoms with Crippen molar-refractivity contribution in [3.05, 3.63) is 53.1 Å². The first kappa shape index (κ1) is 10.5. The Morgan fingerprint density at radius 3 is 2.75 bits per heavy atom. The maximum absolute atomic E-state index is 11.8. The molecule has 0 aliphatic carbocycles. The predicted molar refractivity (Wildman–Crippen MR) is 63.8 cm³/mol. The van der Waals surface area contributed by atoms with E-state index in [1.165, 1.54) is 0 Å². The maximum atomic E-state index is 11.8. The molecule has 16 heavy (non-hydrogen) atoms. The number of aromatic amines is 1. The molecule has 2 heterocycles. The normalized spacial score (nSPS) is 9.75. The van der Waals surface area contributed by atoms with Crippen molar-refractivity contribution in [3.63, 3.8) is 0 Å². The summed E-state index contributed by atoms with van der Waals surface area (Å²) in [6, 6.07) is 6.84. The van der Waals surface area contributed by atoms with Crippen molar-refractivity contribution in [2.24, 2.45) is 0 Å².